The van der Waals surface area contributed by atoms with Crippen molar-refractivity contribution in [3.05, 3.63) is 66.1 Å². The highest BCUT2D eigenvalue weighted by Crippen LogP contribution is 2.25. The zero-order valence-corrected chi connectivity index (χ0v) is 15.4. The van der Waals surface area contributed by atoms with E-state index in [9.17, 15) is 4.79 Å². The van der Waals surface area contributed by atoms with Crippen molar-refractivity contribution in [3.63, 3.8) is 0 Å². The zero-order valence-electron chi connectivity index (χ0n) is 15.4. The van der Waals surface area contributed by atoms with Crippen LogP contribution in [0, 0.1) is 6.92 Å². The highest BCUT2D eigenvalue weighted by Gasteiger charge is 2.19. The summed E-state index contributed by atoms with van der Waals surface area (Å²) in [5, 5.41) is 2.96. The number of aromatic nitrogens is 1. The summed E-state index contributed by atoms with van der Waals surface area (Å²) in [4.78, 5) is 19.5. The molecule has 5 nitrogen and oxygen atoms in total. The van der Waals surface area contributed by atoms with Crippen LogP contribution in [-0.4, -0.2) is 24.0 Å². The van der Waals surface area contributed by atoms with Crippen molar-refractivity contribution in [1.29, 1.82) is 0 Å². The topological polar surface area (TPSA) is 58.4 Å². The molecule has 0 bridgehead atoms. The summed E-state index contributed by atoms with van der Waals surface area (Å²) in [6.45, 7) is 3.90. The maximum atomic E-state index is 12.7. The number of hydrogen-bond acceptors (Lipinski definition) is 4. The SMILES string of the molecule is Cc1oc(-c2ccccc2)nc1C(=O)Nc1cccc(N2CCCCC2)c1. The number of benzene rings is 2. The van der Waals surface area contributed by atoms with Crippen molar-refractivity contribution < 1.29 is 9.21 Å². The van der Waals surface area contributed by atoms with E-state index in [1.807, 2.05) is 48.5 Å². The highest BCUT2D eigenvalue weighted by molar-refractivity contribution is 6.04. The largest absolute Gasteiger partial charge is 0.441 e. The van der Waals surface area contributed by atoms with Gasteiger partial charge in [-0.3, -0.25) is 4.79 Å². The highest BCUT2D eigenvalue weighted by atomic mass is 16.4. The molecule has 1 N–H and O–H groups in total. The number of amides is 1. The molecule has 0 unspecified atom stereocenters. The van der Waals surface area contributed by atoms with Gasteiger partial charge in [-0.25, -0.2) is 4.98 Å². The van der Waals surface area contributed by atoms with Crippen molar-refractivity contribution in [2.45, 2.75) is 26.2 Å². The standard InChI is InChI=1S/C22H23N3O2/c1-16-20(24-22(27-16)17-9-4-2-5-10-17)21(26)23-18-11-8-12-19(15-18)25-13-6-3-7-14-25/h2,4-5,8-12,15H,3,6-7,13-14H2,1H3,(H,23,26). The minimum atomic E-state index is -0.255. The van der Waals surface area contributed by atoms with Gasteiger partial charge in [0.1, 0.15) is 5.76 Å². The molecule has 0 saturated carbocycles. The van der Waals surface area contributed by atoms with Crippen LogP contribution in [0.15, 0.2) is 59.0 Å². The van der Waals surface area contributed by atoms with Crippen molar-refractivity contribution in [3.8, 4) is 11.5 Å². The lowest BCUT2D eigenvalue weighted by Gasteiger charge is -2.29. The second kappa shape index (κ2) is 7.66. The molecule has 5 heteroatoms. The summed E-state index contributed by atoms with van der Waals surface area (Å²) in [5.41, 5.74) is 3.09. The van der Waals surface area contributed by atoms with Gasteiger partial charge in [-0.15, -0.1) is 0 Å². The van der Waals surface area contributed by atoms with E-state index in [0.29, 0.717) is 17.3 Å². The Kier molecular flexibility index (Phi) is 4.92. The van der Waals surface area contributed by atoms with E-state index in [-0.39, 0.29) is 5.91 Å². The van der Waals surface area contributed by atoms with E-state index in [0.717, 1.165) is 30.0 Å². The van der Waals surface area contributed by atoms with E-state index in [4.69, 9.17) is 4.42 Å². The number of oxazole rings is 1. The maximum absolute atomic E-state index is 12.7. The molecule has 1 saturated heterocycles. The van der Waals surface area contributed by atoms with Gasteiger partial charge in [0.15, 0.2) is 5.69 Å². The summed E-state index contributed by atoms with van der Waals surface area (Å²) < 4.78 is 5.70. The van der Waals surface area contributed by atoms with Crippen molar-refractivity contribution in [1.82, 2.24) is 4.98 Å². The zero-order chi connectivity index (χ0) is 18.6. The van der Waals surface area contributed by atoms with Crippen molar-refractivity contribution in [2.24, 2.45) is 0 Å². The number of carbonyl (C=O) groups excluding carboxylic acids is 1. The number of aryl methyl sites for hydroxylation is 1. The lowest BCUT2D eigenvalue weighted by atomic mass is 10.1. The first-order valence-electron chi connectivity index (χ1n) is 9.40. The molecule has 1 aliphatic heterocycles. The molecule has 0 radical (unpaired) electrons. The molecule has 4 rings (SSSR count). The third kappa shape index (κ3) is 3.87. The normalized spacial score (nSPS) is 14.2. The Labute approximate surface area is 159 Å². The minimum absolute atomic E-state index is 0.255. The molecule has 2 aromatic carbocycles. The number of nitrogens with zero attached hydrogens (tertiary/aromatic N) is 2. The van der Waals surface area contributed by atoms with Gasteiger partial charge in [0.05, 0.1) is 0 Å². The molecule has 138 valence electrons. The quantitative estimate of drug-likeness (QED) is 0.718. The fourth-order valence-electron chi connectivity index (χ4n) is 3.43. The number of nitrogens with one attached hydrogen (secondary N) is 1. The average Bonchev–Trinajstić information content (AvgIpc) is 3.11. The van der Waals surface area contributed by atoms with Gasteiger partial charge >= 0.3 is 0 Å². The third-order valence-electron chi connectivity index (χ3n) is 4.86. The molecular weight excluding hydrogens is 338 g/mol. The maximum Gasteiger partial charge on any atom is 0.277 e. The van der Waals surface area contributed by atoms with E-state index in [1.54, 1.807) is 6.92 Å². The smallest absolute Gasteiger partial charge is 0.277 e. The van der Waals surface area contributed by atoms with Gasteiger partial charge in [-0.1, -0.05) is 24.3 Å². The molecule has 1 aromatic heterocycles. The van der Waals surface area contributed by atoms with Gasteiger partial charge in [0.2, 0.25) is 5.89 Å². The van der Waals surface area contributed by atoms with Gasteiger partial charge in [0.25, 0.3) is 5.91 Å². The van der Waals surface area contributed by atoms with Crippen LogP contribution in [0.2, 0.25) is 0 Å². The Morgan fingerprint density at radius 1 is 1.04 bits per heavy atom. The van der Waals surface area contributed by atoms with Crippen LogP contribution < -0.4 is 10.2 Å². The monoisotopic (exact) mass is 361 g/mol. The van der Waals surface area contributed by atoms with Crippen molar-refractivity contribution >= 4 is 17.3 Å². The van der Waals surface area contributed by atoms with Crippen LogP contribution in [0.25, 0.3) is 11.5 Å². The third-order valence-corrected chi connectivity index (χ3v) is 4.86. The Hall–Kier alpha value is -3.08. The Balaban J connectivity index is 1.52. The van der Waals surface area contributed by atoms with Crippen LogP contribution in [0.5, 0.6) is 0 Å². The number of rotatable bonds is 4. The van der Waals surface area contributed by atoms with Gasteiger partial charge < -0.3 is 14.6 Å². The lowest BCUT2D eigenvalue weighted by Crippen LogP contribution is -2.29. The molecule has 27 heavy (non-hydrogen) atoms. The lowest BCUT2D eigenvalue weighted by molar-refractivity contribution is 0.102. The minimum Gasteiger partial charge on any atom is -0.441 e. The van der Waals surface area contributed by atoms with Crippen molar-refractivity contribution in [2.75, 3.05) is 23.3 Å². The molecular formula is C22H23N3O2. The van der Waals surface area contributed by atoms with E-state index in [2.05, 4.69) is 21.3 Å². The van der Waals surface area contributed by atoms with Gasteiger partial charge in [0, 0.05) is 30.0 Å². The Morgan fingerprint density at radius 2 is 1.81 bits per heavy atom. The molecule has 1 amide bonds. The number of hydrogen-bond donors (Lipinski definition) is 1. The summed E-state index contributed by atoms with van der Waals surface area (Å²) >= 11 is 0. The van der Waals surface area contributed by atoms with Crippen LogP contribution in [0.1, 0.15) is 35.5 Å². The fraction of sp³-hybridized carbons (Fsp3) is 0.273. The van der Waals surface area contributed by atoms with Gasteiger partial charge in [-0.05, 0) is 56.5 Å². The molecule has 0 atom stereocenters. The first kappa shape index (κ1) is 17.3. The summed E-state index contributed by atoms with van der Waals surface area (Å²) in [5.74, 6) is 0.716. The second-order valence-corrected chi connectivity index (χ2v) is 6.84. The molecule has 1 fully saturated rings. The number of piperidine rings is 1. The number of anilines is 2. The number of carbonyl (C=O) groups is 1. The van der Waals surface area contributed by atoms with E-state index in [1.165, 1.54) is 19.3 Å². The van der Waals surface area contributed by atoms with Crippen LogP contribution in [-0.2, 0) is 0 Å². The van der Waals surface area contributed by atoms with Crippen LogP contribution in [0.4, 0.5) is 11.4 Å². The summed E-state index contributed by atoms with van der Waals surface area (Å²) in [6, 6.07) is 17.6. The Bertz CT molecular complexity index is 928. The first-order valence-corrected chi connectivity index (χ1v) is 9.40. The molecule has 1 aliphatic rings. The summed E-state index contributed by atoms with van der Waals surface area (Å²) in [7, 11) is 0. The fourth-order valence-corrected chi connectivity index (χ4v) is 3.43. The molecule has 0 spiro atoms. The van der Waals surface area contributed by atoms with E-state index < -0.39 is 0 Å². The van der Waals surface area contributed by atoms with Crippen LogP contribution in [0.3, 0.4) is 0 Å². The predicted octanol–water partition coefficient (Wildman–Crippen LogP) is 4.89. The van der Waals surface area contributed by atoms with Crippen LogP contribution >= 0.6 is 0 Å². The molecule has 3 aromatic rings. The second-order valence-electron chi connectivity index (χ2n) is 6.84. The first-order chi connectivity index (χ1) is 13.2. The summed E-state index contributed by atoms with van der Waals surface area (Å²) in [6.07, 6.45) is 3.73. The Morgan fingerprint density at radius 3 is 2.59 bits per heavy atom. The molecule has 0 aliphatic carbocycles. The van der Waals surface area contributed by atoms with Gasteiger partial charge in [-0.2, -0.15) is 0 Å². The predicted molar refractivity (Wildman–Crippen MR) is 107 cm³/mol. The molecule has 2 heterocycles. The van der Waals surface area contributed by atoms with E-state index >= 15 is 0 Å². The average molecular weight is 361 g/mol.